The Balaban J connectivity index is 2.52. The number of tetrazole rings is 1. The molecule has 1 aromatic rings. The quantitative estimate of drug-likeness (QED) is 0.663. The molecule has 0 saturated heterocycles. The highest BCUT2D eigenvalue weighted by atomic mass is 16.5. The van der Waals surface area contributed by atoms with Gasteiger partial charge in [0.25, 0.3) is 0 Å². The Morgan fingerprint density at radius 2 is 2.27 bits per heavy atom. The fraction of sp³-hybridized carbons (Fsp3) is 0.889. The summed E-state index contributed by atoms with van der Waals surface area (Å²) in [5.74, 6) is 0.858. The van der Waals surface area contributed by atoms with Crippen molar-refractivity contribution in [2.24, 2.45) is 0 Å². The lowest BCUT2D eigenvalue weighted by atomic mass is 10.3. The molecule has 0 aliphatic rings. The van der Waals surface area contributed by atoms with Crippen molar-refractivity contribution in [2.45, 2.75) is 33.4 Å². The van der Waals surface area contributed by atoms with Gasteiger partial charge in [-0.25, -0.2) is 4.68 Å². The Morgan fingerprint density at radius 3 is 2.93 bits per heavy atom. The van der Waals surface area contributed by atoms with E-state index in [1.165, 1.54) is 0 Å². The van der Waals surface area contributed by atoms with Gasteiger partial charge >= 0.3 is 0 Å². The number of ether oxygens (including phenoxy) is 1. The molecule has 1 heterocycles. The molecule has 1 N–H and O–H groups in total. The van der Waals surface area contributed by atoms with Gasteiger partial charge in [0.2, 0.25) is 0 Å². The molecule has 6 heteroatoms. The molecule has 0 spiro atoms. The zero-order chi connectivity index (χ0) is 11.1. The minimum absolute atomic E-state index is 0.173. The summed E-state index contributed by atoms with van der Waals surface area (Å²) in [6, 6.07) is 0.173. The molecule has 0 aliphatic carbocycles. The highest BCUT2D eigenvalue weighted by Gasteiger charge is 2.12. The maximum atomic E-state index is 5.26. The van der Waals surface area contributed by atoms with E-state index in [4.69, 9.17) is 4.74 Å². The van der Waals surface area contributed by atoms with Crippen LogP contribution in [-0.2, 0) is 11.3 Å². The van der Waals surface area contributed by atoms with Crippen LogP contribution in [0, 0.1) is 0 Å². The molecule has 0 bridgehead atoms. The van der Waals surface area contributed by atoms with Gasteiger partial charge in [-0.15, -0.1) is 5.10 Å². The lowest BCUT2D eigenvalue weighted by molar-refractivity contribution is 0.134. The first-order chi connectivity index (χ1) is 7.29. The number of nitrogens with zero attached hydrogens (tertiary/aromatic N) is 4. The first-order valence-electron chi connectivity index (χ1n) is 5.36. The van der Waals surface area contributed by atoms with Crippen molar-refractivity contribution in [3.05, 3.63) is 5.82 Å². The average Bonchev–Trinajstić information content (AvgIpc) is 2.67. The Morgan fingerprint density at radius 1 is 1.47 bits per heavy atom. The largest absolute Gasteiger partial charge is 0.380 e. The van der Waals surface area contributed by atoms with Crippen molar-refractivity contribution in [3.8, 4) is 0 Å². The molecule has 0 radical (unpaired) electrons. The molecule has 1 aromatic heterocycles. The molecule has 15 heavy (non-hydrogen) atoms. The summed E-state index contributed by atoms with van der Waals surface area (Å²) in [5, 5.41) is 14.9. The monoisotopic (exact) mass is 213 g/mol. The van der Waals surface area contributed by atoms with E-state index in [1.807, 2.05) is 13.8 Å². The van der Waals surface area contributed by atoms with E-state index in [0.29, 0.717) is 13.2 Å². The van der Waals surface area contributed by atoms with Gasteiger partial charge in [0.05, 0.1) is 19.2 Å². The Kier molecular flexibility index (Phi) is 5.20. The van der Waals surface area contributed by atoms with Gasteiger partial charge in [-0.3, -0.25) is 0 Å². The van der Waals surface area contributed by atoms with E-state index in [-0.39, 0.29) is 6.04 Å². The molecular weight excluding hydrogens is 194 g/mol. The third-order valence-electron chi connectivity index (χ3n) is 2.11. The summed E-state index contributed by atoms with van der Waals surface area (Å²) in [7, 11) is 0. The van der Waals surface area contributed by atoms with E-state index >= 15 is 0 Å². The second-order valence-corrected chi connectivity index (χ2v) is 3.24. The number of nitrogens with one attached hydrogen (secondary N) is 1. The Hall–Kier alpha value is -1.01. The second-order valence-electron chi connectivity index (χ2n) is 3.24. The van der Waals surface area contributed by atoms with Crippen LogP contribution >= 0.6 is 0 Å². The van der Waals surface area contributed by atoms with Gasteiger partial charge in [0.15, 0.2) is 5.82 Å². The van der Waals surface area contributed by atoms with E-state index < -0.39 is 0 Å². The highest BCUT2D eigenvalue weighted by Crippen LogP contribution is 2.06. The molecule has 86 valence electrons. The van der Waals surface area contributed by atoms with Gasteiger partial charge in [-0.2, -0.15) is 0 Å². The minimum atomic E-state index is 0.173. The van der Waals surface area contributed by atoms with Crippen LogP contribution in [0.15, 0.2) is 0 Å². The average molecular weight is 213 g/mol. The van der Waals surface area contributed by atoms with Gasteiger partial charge in [-0.1, -0.05) is 6.92 Å². The second kappa shape index (κ2) is 6.47. The summed E-state index contributed by atoms with van der Waals surface area (Å²) in [5.41, 5.74) is 0. The van der Waals surface area contributed by atoms with Crippen LogP contribution in [0.5, 0.6) is 0 Å². The summed E-state index contributed by atoms with van der Waals surface area (Å²) in [6.07, 6.45) is 0. The predicted octanol–water partition coefficient (Wildman–Crippen LogP) is 0.380. The van der Waals surface area contributed by atoms with Crippen molar-refractivity contribution in [1.82, 2.24) is 25.5 Å². The molecule has 0 fully saturated rings. The molecular formula is C9H19N5O. The van der Waals surface area contributed by atoms with E-state index in [9.17, 15) is 0 Å². The predicted molar refractivity (Wildman–Crippen MR) is 56.4 cm³/mol. The standard InChI is InChI=1S/C9H19N5O/c1-4-10-8(3)9-11-12-13-14(9)6-7-15-5-2/h8,10H,4-7H2,1-3H3. The highest BCUT2D eigenvalue weighted by molar-refractivity contribution is 4.89. The van der Waals surface area contributed by atoms with Crippen LogP contribution in [0.3, 0.4) is 0 Å². The first kappa shape index (κ1) is 12.1. The zero-order valence-electron chi connectivity index (χ0n) is 9.60. The molecule has 0 aromatic carbocycles. The van der Waals surface area contributed by atoms with E-state index in [1.54, 1.807) is 4.68 Å². The SMILES string of the molecule is CCNC(C)c1nnnn1CCOCC. The van der Waals surface area contributed by atoms with Crippen molar-refractivity contribution in [1.29, 1.82) is 0 Å². The van der Waals surface area contributed by atoms with Crippen LogP contribution in [0.4, 0.5) is 0 Å². The van der Waals surface area contributed by atoms with Crippen molar-refractivity contribution >= 4 is 0 Å². The van der Waals surface area contributed by atoms with E-state index in [2.05, 4.69) is 27.8 Å². The smallest absolute Gasteiger partial charge is 0.168 e. The lowest BCUT2D eigenvalue weighted by Gasteiger charge is -2.11. The molecule has 1 unspecified atom stereocenters. The topological polar surface area (TPSA) is 64.9 Å². The summed E-state index contributed by atoms with van der Waals surface area (Å²) < 4.78 is 7.05. The number of rotatable bonds is 7. The molecule has 1 atom stereocenters. The fourth-order valence-electron chi connectivity index (χ4n) is 1.37. The maximum Gasteiger partial charge on any atom is 0.168 e. The number of hydrogen-bond acceptors (Lipinski definition) is 5. The van der Waals surface area contributed by atoms with Crippen molar-refractivity contribution in [2.75, 3.05) is 19.8 Å². The van der Waals surface area contributed by atoms with Crippen LogP contribution in [-0.4, -0.2) is 40.0 Å². The molecule has 0 saturated carbocycles. The van der Waals surface area contributed by atoms with Crippen molar-refractivity contribution < 1.29 is 4.74 Å². The summed E-state index contributed by atoms with van der Waals surface area (Å²) >= 11 is 0. The Bertz CT molecular complexity index is 275. The molecule has 0 aliphatic heterocycles. The third kappa shape index (κ3) is 3.56. The maximum absolute atomic E-state index is 5.26. The van der Waals surface area contributed by atoms with Crippen molar-refractivity contribution in [3.63, 3.8) is 0 Å². The number of hydrogen-bond donors (Lipinski definition) is 1. The molecule has 6 nitrogen and oxygen atoms in total. The summed E-state index contributed by atoms with van der Waals surface area (Å²) in [4.78, 5) is 0. The van der Waals surface area contributed by atoms with Crippen LogP contribution in [0.2, 0.25) is 0 Å². The lowest BCUT2D eigenvalue weighted by Crippen LogP contribution is -2.23. The van der Waals surface area contributed by atoms with Gasteiger partial charge in [0, 0.05) is 6.61 Å². The normalized spacial score (nSPS) is 13.0. The van der Waals surface area contributed by atoms with Crippen LogP contribution < -0.4 is 5.32 Å². The van der Waals surface area contributed by atoms with Crippen LogP contribution in [0.25, 0.3) is 0 Å². The summed E-state index contributed by atoms with van der Waals surface area (Å²) in [6.45, 7) is 9.05. The molecule has 1 rings (SSSR count). The van der Waals surface area contributed by atoms with E-state index in [0.717, 1.165) is 19.0 Å². The van der Waals surface area contributed by atoms with Gasteiger partial charge in [-0.05, 0) is 30.8 Å². The fourth-order valence-corrected chi connectivity index (χ4v) is 1.37. The van der Waals surface area contributed by atoms with Crippen LogP contribution in [0.1, 0.15) is 32.6 Å². The zero-order valence-corrected chi connectivity index (χ0v) is 9.60. The molecule has 0 amide bonds. The van der Waals surface area contributed by atoms with Gasteiger partial charge < -0.3 is 10.1 Å². The Labute approximate surface area is 90.0 Å². The third-order valence-corrected chi connectivity index (χ3v) is 2.11. The van der Waals surface area contributed by atoms with Gasteiger partial charge in [0.1, 0.15) is 0 Å². The first-order valence-corrected chi connectivity index (χ1v) is 5.36. The minimum Gasteiger partial charge on any atom is -0.380 e. The number of aromatic nitrogens is 4.